The largest absolute Gasteiger partial charge is 0.536 e. The minimum absolute atomic E-state index is 0.00834. The van der Waals surface area contributed by atoms with Crippen LogP contribution in [0.25, 0.3) is 0 Å². The zero-order valence-corrected chi connectivity index (χ0v) is 19.9. The molecule has 3 rings (SSSR count). The minimum atomic E-state index is -1.22. The fourth-order valence-corrected chi connectivity index (χ4v) is 4.38. The van der Waals surface area contributed by atoms with Crippen LogP contribution < -0.4 is 9.97 Å². The topological polar surface area (TPSA) is 154 Å². The second-order valence-corrected chi connectivity index (χ2v) is 8.84. The predicted molar refractivity (Wildman–Crippen MR) is 125 cm³/mol. The Morgan fingerprint density at radius 1 is 1.23 bits per heavy atom. The highest BCUT2D eigenvalue weighted by atomic mass is 16.5. The van der Waals surface area contributed by atoms with Gasteiger partial charge in [-0.05, 0) is 44.2 Å². The summed E-state index contributed by atoms with van der Waals surface area (Å²) < 4.78 is 5.63. The molecule has 1 aromatic carbocycles. The van der Waals surface area contributed by atoms with Gasteiger partial charge in [0.25, 0.3) is 0 Å². The summed E-state index contributed by atoms with van der Waals surface area (Å²) in [5.41, 5.74) is 1.73. The maximum absolute atomic E-state index is 13.2. The molecule has 4 amide bonds. The molecular formula is C23H30BN3O8. The molecule has 35 heavy (non-hydrogen) atoms. The normalized spacial score (nSPS) is 18.6. The van der Waals surface area contributed by atoms with E-state index in [1.165, 1.54) is 4.90 Å². The van der Waals surface area contributed by atoms with E-state index in [1.807, 2.05) is 25.1 Å². The number of rotatable bonds is 9. The lowest BCUT2D eigenvalue weighted by atomic mass is 9.64. The second kappa shape index (κ2) is 11.3. The molecule has 12 heteroatoms. The summed E-state index contributed by atoms with van der Waals surface area (Å²) >= 11 is 0. The summed E-state index contributed by atoms with van der Waals surface area (Å²) in [5, 5.41) is 21.9. The Hall–Kier alpha value is -3.41. The standard InChI is InChI=1S/C23H30BN3O8/c1-3-26-10-11-27(22(32)21(26)31)23(33)25-17(8-5-9-19(29)30)18(28)13-16-12-15-7-4-6-14(2)20(15)35-24(16)34/h4,6-7,16-17,34H,3,5,8-13H2,1-2H3,(H,25,33)(H,29,30)/t16-,17-/m1/s1. The number of imide groups is 1. The fraction of sp³-hybridized carbons (Fsp3) is 0.522. The first kappa shape index (κ1) is 26.2. The van der Waals surface area contributed by atoms with E-state index in [4.69, 9.17) is 9.76 Å². The molecule has 1 fully saturated rings. The smallest absolute Gasteiger partial charge is 0.526 e. The molecule has 3 N–H and O–H groups in total. The average molecular weight is 487 g/mol. The van der Waals surface area contributed by atoms with Crippen LogP contribution in [0.3, 0.4) is 0 Å². The highest BCUT2D eigenvalue weighted by molar-refractivity contribution is 6.46. The molecular weight excluding hydrogens is 457 g/mol. The van der Waals surface area contributed by atoms with Crippen LogP contribution in [0.15, 0.2) is 18.2 Å². The fourth-order valence-electron chi connectivity index (χ4n) is 4.38. The number of piperazine rings is 1. The van der Waals surface area contributed by atoms with Gasteiger partial charge in [-0.2, -0.15) is 0 Å². The van der Waals surface area contributed by atoms with E-state index in [-0.39, 0.29) is 38.8 Å². The van der Waals surface area contributed by atoms with E-state index >= 15 is 0 Å². The summed E-state index contributed by atoms with van der Waals surface area (Å²) in [6.45, 7) is 4.10. The molecule has 11 nitrogen and oxygen atoms in total. The number of aliphatic carboxylic acids is 1. The van der Waals surface area contributed by atoms with E-state index in [0.29, 0.717) is 18.7 Å². The molecule has 2 atom stereocenters. The van der Waals surface area contributed by atoms with Crippen LogP contribution in [0, 0.1) is 6.92 Å². The lowest BCUT2D eigenvalue weighted by molar-refractivity contribution is -0.153. The number of para-hydroxylation sites is 1. The van der Waals surface area contributed by atoms with Crippen molar-refractivity contribution in [3.05, 3.63) is 29.3 Å². The molecule has 1 aromatic rings. The Bertz CT molecular complexity index is 1020. The Labute approximate surface area is 203 Å². The van der Waals surface area contributed by atoms with Crippen LogP contribution in [0.4, 0.5) is 4.79 Å². The second-order valence-electron chi connectivity index (χ2n) is 8.84. The van der Waals surface area contributed by atoms with Gasteiger partial charge >= 0.3 is 30.9 Å². The van der Waals surface area contributed by atoms with Crippen molar-refractivity contribution in [2.75, 3.05) is 19.6 Å². The summed E-state index contributed by atoms with van der Waals surface area (Å²) in [6.07, 6.45) is 0.227. The number of hydrogen-bond donors (Lipinski definition) is 3. The maximum atomic E-state index is 13.2. The van der Waals surface area contributed by atoms with E-state index < -0.39 is 48.6 Å². The molecule has 0 radical (unpaired) electrons. The lowest BCUT2D eigenvalue weighted by Gasteiger charge is -2.33. The zero-order valence-electron chi connectivity index (χ0n) is 19.9. The van der Waals surface area contributed by atoms with Crippen LogP contribution in [-0.4, -0.2) is 82.3 Å². The number of benzene rings is 1. The molecule has 0 saturated carbocycles. The Balaban J connectivity index is 1.69. The predicted octanol–water partition coefficient (Wildman–Crippen LogP) is 0.764. The molecule has 2 heterocycles. The zero-order chi connectivity index (χ0) is 25.7. The summed E-state index contributed by atoms with van der Waals surface area (Å²) in [6, 6.07) is 3.61. The van der Waals surface area contributed by atoms with Gasteiger partial charge in [0.05, 0.1) is 6.04 Å². The quantitative estimate of drug-likeness (QED) is 0.341. The third kappa shape index (κ3) is 6.19. The Morgan fingerprint density at radius 2 is 1.97 bits per heavy atom. The number of fused-ring (bicyclic) bond motifs is 1. The SMILES string of the molecule is CCN1CCN(C(=O)N[C@H](CCCC(=O)O)C(=O)C[C@H]2Cc3cccc(C)c3OB2O)C(=O)C1=O. The number of ketones is 1. The highest BCUT2D eigenvalue weighted by Crippen LogP contribution is 2.36. The van der Waals surface area contributed by atoms with Crippen LogP contribution in [0.2, 0.25) is 5.82 Å². The van der Waals surface area contributed by atoms with E-state index in [1.54, 1.807) is 6.92 Å². The van der Waals surface area contributed by atoms with Gasteiger partial charge in [-0.15, -0.1) is 0 Å². The van der Waals surface area contributed by atoms with Gasteiger partial charge in [0, 0.05) is 38.3 Å². The monoisotopic (exact) mass is 487 g/mol. The molecule has 0 spiro atoms. The number of amides is 4. The van der Waals surface area contributed by atoms with Gasteiger partial charge in [0.1, 0.15) is 5.75 Å². The molecule has 2 aliphatic heterocycles. The summed E-state index contributed by atoms with van der Waals surface area (Å²) in [7, 11) is -1.22. The van der Waals surface area contributed by atoms with Gasteiger partial charge in [-0.25, -0.2) is 4.79 Å². The third-order valence-electron chi connectivity index (χ3n) is 6.39. The number of carboxylic acids is 1. The summed E-state index contributed by atoms with van der Waals surface area (Å²) in [4.78, 5) is 63.5. The van der Waals surface area contributed by atoms with Crippen LogP contribution in [-0.2, 0) is 25.6 Å². The molecule has 0 bridgehead atoms. The molecule has 2 aliphatic rings. The number of aryl methyl sites for hydroxylation is 1. The lowest BCUT2D eigenvalue weighted by Crippen LogP contribution is -2.59. The van der Waals surface area contributed by atoms with Gasteiger partial charge in [-0.3, -0.25) is 24.1 Å². The number of carboxylic acid groups (broad SMARTS) is 1. The molecule has 1 saturated heterocycles. The van der Waals surface area contributed by atoms with Gasteiger partial charge < -0.3 is 25.0 Å². The van der Waals surface area contributed by atoms with Crippen molar-refractivity contribution < 1.29 is 38.8 Å². The van der Waals surface area contributed by atoms with Crippen molar-refractivity contribution in [1.82, 2.24) is 15.1 Å². The molecule has 0 aliphatic carbocycles. The first-order valence-electron chi connectivity index (χ1n) is 11.7. The first-order chi connectivity index (χ1) is 16.6. The van der Waals surface area contributed by atoms with Gasteiger partial charge in [0.2, 0.25) is 0 Å². The number of likely N-dealkylation sites (N-methyl/N-ethyl adjacent to an activating group) is 1. The number of Topliss-reactive ketones (excluding diaryl/α,β-unsaturated/α-hetero) is 1. The Kier molecular flexibility index (Phi) is 8.50. The van der Waals surface area contributed by atoms with Crippen molar-refractivity contribution >= 4 is 36.7 Å². The van der Waals surface area contributed by atoms with E-state index in [2.05, 4.69) is 5.32 Å². The van der Waals surface area contributed by atoms with Crippen LogP contribution in [0.5, 0.6) is 5.75 Å². The average Bonchev–Trinajstić information content (AvgIpc) is 2.81. The van der Waals surface area contributed by atoms with Crippen molar-refractivity contribution in [3.8, 4) is 5.75 Å². The van der Waals surface area contributed by atoms with Gasteiger partial charge in [-0.1, -0.05) is 18.2 Å². The van der Waals surface area contributed by atoms with E-state index in [9.17, 15) is 29.0 Å². The van der Waals surface area contributed by atoms with Crippen LogP contribution >= 0.6 is 0 Å². The highest BCUT2D eigenvalue weighted by Gasteiger charge is 2.40. The van der Waals surface area contributed by atoms with E-state index in [0.717, 1.165) is 16.0 Å². The van der Waals surface area contributed by atoms with Crippen molar-refractivity contribution in [2.45, 2.75) is 57.8 Å². The third-order valence-corrected chi connectivity index (χ3v) is 6.39. The van der Waals surface area contributed by atoms with Crippen molar-refractivity contribution in [1.29, 1.82) is 0 Å². The number of urea groups is 1. The Morgan fingerprint density at radius 3 is 2.66 bits per heavy atom. The van der Waals surface area contributed by atoms with Crippen molar-refractivity contribution in [3.63, 3.8) is 0 Å². The van der Waals surface area contributed by atoms with Crippen LogP contribution in [0.1, 0.15) is 43.7 Å². The first-order valence-corrected chi connectivity index (χ1v) is 11.7. The number of carbonyl (C=O) groups is 5. The maximum Gasteiger partial charge on any atom is 0.526 e. The number of carbonyl (C=O) groups excluding carboxylic acids is 4. The van der Waals surface area contributed by atoms with Gasteiger partial charge in [0.15, 0.2) is 5.78 Å². The molecule has 188 valence electrons. The minimum Gasteiger partial charge on any atom is -0.536 e. The number of nitrogens with one attached hydrogen (secondary N) is 1. The number of nitrogens with zero attached hydrogens (tertiary/aromatic N) is 2. The number of hydrogen-bond acceptors (Lipinski definition) is 7. The van der Waals surface area contributed by atoms with Crippen molar-refractivity contribution in [2.24, 2.45) is 0 Å². The molecule has 0 aromatic heterocycles. The summed E-state index contributed by atoms with van der Waals surface area (Å²) in [5.74, 6) is -3.20. The molecule has 0 unspecified atom stereocenters.